The molecule has 1 aromatic carbocycles. The number of nitrogens with zero attached hydrogens (tertiary/aromatic N) is 1. The molecule has 1 aromatic rings. The largest absolute Gasteiger partial charge is 0.383 e. The molecule has 2 rings (SSSR count). The Bertz CT molecular complexity index is 430. The molecule has 0 bridgehead atoms. The molecule has 0 spiro atoms. The van der Waals surface area contributed by atoms with Crippen molar-refractivity contribution in [3.05, 3.63) is 35.4 Å². The highest BCUT2D eigenvalue weighted by molar-refractivity contribution is 5.79. The van der Waals surface area contributed by atoms with Crippen molar-refractivity contribution in [2.75, 3.05) is 20.3 Å². The SMILES string of the molecule is COCCN(C(=O)Cc1ccccc1CN)C1CC1. The smallest absolute Gasteiger partial charge is 0.227 e. The minimum atomic E-state index is 0.181. The van der Waals surface area contributed by atoms with Crippen LogP contribution in [-0.2, 0) is 22.5 Å². The highest BCUT2D eigenvalue weighted by Gasteiger charge is 2.32. The van der Waals surface area contributed by atoms with Gasteiger partial charge in [0, 0.05) is 26.2 Å². The molecule has 4 heteroatoms. The molecule has 0 atom stereocenters. The minimum absolute atomic E-state index is 0.181. The van der Waals surface area contributed by atoms with Gasteiger partial charge in [-0.15, -0.1) is 0 Å². The molecule has 1 saturated carbocycles. The lowest BCUT2D eigenvalue weighted by Crippen LogP contribution is -2.37. The van der Waals surface area contributed by atoms with Gasteiger partial charge in [0.25, 0.3) is 0 Å². The molecule has 1 aliphatic carbocycles. The quantitative estimate of drug-likeness (QED) is 0.806. The maximum atomic E-state index is 12.4. The second-order valence-electron chi connectivity index (χ2n) is 4.96. The van der Waals surface area contributed by atoms with Gasteiger partial charge in [-0.3, -0.25) is 4.79 Å². The van der Waals surface area contributed by atoms with Gasteiger partial charge >= 0.3 is 0 Å². The number of amides is 1. The Morgan fingerprint density at radius 3 is 2.63 bits per heavy atom. The van der Waals surface area contributed by atoms with Gasteiger partial charge in [-0.05, 0) is 24.0 Å². The average molecular weight is 262 g/mol. The van der Waals surface area contributed by atoms with Crippen molar-refractivity contribution < 1.29 is 9.53 Å². The van der Waals surface area contributed by atoms with Crippen LogP contribution in [-0.4, -0.2) is 37.1 Å². The van der Waals surface area contributed by atoms with Crippen LogP contribution in [0.2, 0.25) is 0 Å². The van der Waals surface area contributed by atoms with Crippen LogP contribution in [0.1, 0.15) is 24.0 Å². The molecule has 0 heterocycles. The molecule has 0 unspecified atom stereocenters. The summed E-state index contributed by atoms with van der Waals surface area (Å²) in [6, 6.07) is 8.31. The average Bonchev–Trinajstić information content (AvgIpc) is 3.24. The third kappa shape index (κ3) is 3.78. The van der Waals surface area contributed by atoms with Crippen LogP contribution in [0, 0.1) is 0 Å². The highest BCUT2D eigenvalue weighted by Crippen LogP contribution is 2.27. The summed E-state index contributed by atoms with van der Waals surface area (Å²) >= 11 is 0. The zero-order valence-corrected chi connectivity index (χ0v) is 11.5. The fourth-order valence-corrected chi connectivity index (χ4v) is 2.28. The predicted octanol–water partition coefficient (Wildman–Crippen LogP) is 1.33. The number of carbonyl (C=O) groups is 1. The molecule has 19 heavy (non-hydrogen) atoms. The Morgan fingerprint density at radius 1 is 1.37 bits per heavy atom. The minimum Gasteiger partial charge on any atom is -0.383 e. The van der Waals surface area contributed by atoms with E-state index in [2.05, 4.69) is 0 Å². The monoisotopic (exact) mass is 262 g/mol. The molecule has 1 fully saturated rings. The molecule has 0 radical (unpaired) electrons. The fraction of sp³-hybridized carbons (Fsp3) is 0.533. The van der Waals surface area contributed by atoms with Crippen LogP contribution in [0.15, 0.2) is 24.3 Å². The van der Waals surface area contributed by atoms with Gasteiger partial charge in [-0.25, -0.2) is 0 Å². The maximum Gasteiger partial charge on any atom is 0.227 e. The molecule has 0 aliphatic heterocycles. The summed E-state index contributed by atoms with van der Waals surface area (Å²) in [5, 5.41) is 0. The van der Waals surface area contributed by atoms with Gasteiger partial charge < -0.3 is 15.4 Å². The molecular weight excluding hydrogens is 240 g/mol. The Balaban J connectivity index is 2.01. The van der Waals surface area contributed by atoms with E-state index in [9.17, 15) is 4.79 Å². The summed E-state index contributed by atoms with van der Waals surface area (Å²) in [6.45, 7) is 1.76. The van der Waals surface area contributed by atoms with E-state index in [-0.39, 0.29) is 5.91 Å². The van der Waals surface area contributed by atoms with E-state index in [0.717, 1.165) is 24.0 Å². The molecule has 0 aromatic heterocycles. The number of hydrogen-bond donors (Lipinski definition) is 1. The molecule has 2 N–H and O–H groups in total. The van der Waals surface area contributed by atoms with Gasteiger partial charge in [0.2, 0.25) is 5.91 Å². The topological polar surface area (TPSA) is 55.6 Å². The van der Waals surface area contributed by atoms with E-state index in [0.29, 0.717) is 32.2 Å². The molecule has 0 saturated heterocycles. The molecule has 104 valence electrons. The first kappa shape index (κ1) is 14.0. The second kappa shape index (κ2) is 6.68. The van der Waals surface area contributed by atoms with Crippen molar-refractivity contribution in [3.63, 3.8) is 0 Å². The summed E-state index contributed by atoms with van der Waals surface area (Å²) in [5.41, 5.74) is 7.80. The standard InChI is InChI=1S/C15H22N2O2/c1-19-9-8-17(14-6-7-14)15(18)10-12-4-2-3-5-13(12)11-16/h2-5,14H,6-11,16H2,1H3. The van der Waals surface area contributed by atoms with Crippen molar-refractivity contribution in [1.29, 1.82) is 0 Å². The van der Waals surface area contributed by atoms with Crippen molar-refractivity contribution >= 4 is 5.91 Å². The van der Waals surface area contributed by atoms with Crippen molar-refractivity contribution in [2.24, 2.45) is 5.73 Å². The zero-order chi connectivity index (χ0) is 13.7. The van der Waals surface area contributed by atoms with Gasteiger partial charge in [0.15, 0.2) is 0 Å². The predicted molar refractivity (Wildman–Crippen MR) is 74.6 cm³/mol. The summed E-state index contributed by atoms with van der Waals surface area (Å²) in [4.78, 5) is 14.4. The fourth-order valence-electron chi connectivity index (χ4n) is 2.28. The maximum absolute atomic E-state index is 12.4. The Labute approximate surface area is 114 Å². The molecule has 4 nitrogen and oxygen atoms in total. The molecule has 1 amide bonds. The number of rotatable bonds is 7. The highest BCUT2D eigenvalue weighted by atomic mass is 16.5. The first-order valence-electron chi connectivity index (χ1n) is 6.81. The summed E-state index contributed by atoms with van der Waals surface area (Å²) in [5.74, 6) is 0.181. The van der Waals surface area contributed by atoms with Crippen molar-refractivity contribution in [2.45, 2.75) is 31.8 Å². The number of hydrogen-bond acceptors (Lipinski definition) is 3. The van der Waals surface area contributed by atoms with E-state index in [1.54, 1.807) is 7.11 Å². The number of benzene rings is 1. The van der Waals surface area contributed by atoms with Gasteiger partial charge in [-0.1, -0.05) is 24.3 Å². The van der Waals surface area contributed by atoms with E-state index < -0.39 is 0 Å². The molecular formula is C15H22N2O2. The van der Waals surface area contributed by atoms with Crippen LogP contribution in [0.3, 0.4) is 0 Å². The molecule has 1 aliphatic rings. The van der Waals surface area contributed by atoms with Crippen LogP contribution in [0.25, 0.3) is 0 Å². The van der Waals surface area contributed by atoms with Crippen LogP contribution in [0.5, 0.6) is 0 Å². The number of carbonyl (C=O) groups excluding carboxylic acids is 1. The second-order valence-corrected chi connectivity index (χ2v) is 4.96. The summed E-state index contributed by atoms with van der Waals surface area (Å²) in [6.07, 6.45) is 2.68. The zero-order valence-electron chi connectivity index (χ0n) is 11.5. The lowest BCUT2D eigenvalue weighted by atomic mass is 10.0. The lowest BCUT2D eigenvalue weighted by Gasteiger charge is -2.22. The summed E-state index contributed by atoms with van der Waals surface area (Å²) in [7, 11) is 1.67. The number of methoxy groups -OCH3 is 1. The van der Waals surface area contributed by atoms with Crippen LogP contribution < -0.4 is 5.73 Å². The summed E-state index contributed by atoms with van der Waals surface area (Å²) < 4.78 is 5.08. The Morgan fingerprint density at radius 2 is 2.05 bits per heavy atom. The number of ether oxygens (including phenoxy) is 1. The van der Waals surface area contributed by atoms with E-state index in [1.807, 2.05) is 29.2 Å². The van der Waals surface area contributed by atoms with Crippen molar-refractivity contribution in [3.8, 4) is 0 Å². The third-order valence-corrected chi connectivity index (χ3v) is 3.52. The first-order chi connectivity index (χ1) is 9.26. The third-order valence-electron chi connectivity index (χ3n) is 3.52. The van der Waals surface area contributed by atoms with Crippen LogP contribution in [0.4, 0.5) is 0 Å². The van der Waals surface area contributed by atoms with Gasteiger partial charge in [-0.2, -0.15) is 0 Å². The van der Waals surface area contributed by atoms with E-state index in [1.165, 1.54) is 0 Å². The van der Waals surface area contributed by atoms with Crippen molar-refractivity contribution in [1.82, 2.24) is 4.90 Å². The van der Waals surface area contributed by atoms with E-state index >= 15 is 0 Å². The Hall–Kier alpha value is -1.39. The van der Waals surface area contributed by atoms with E-state index in [4.69, 9.17) is 10.5 Å². The first-order valence-corrected chi connectivity index (χ1v) is 6.81. The normalized spacial score (nSPS) is 14.4. The number of nitrogens with two attached hydrogens (primary N) is 1. The Kier molecular flexibility index (Phi) is 4.93. The lowest BCUT2D eigenvalue weighted by molar-refractivity contribution is -0.131. The van der Waals surface area contributed by atoms with Gasteiger partial charge in [0.1, 0.15) is 0 Å². The van der Waals surface area contributed by atoms with Gasteiger partial charge in [0.05, 0.1) is 13.0 Å². The van der Waals surface area contributed by atoms with Crippen LogP contribution >= 0.6 is 0 Å².